The maximum atomic E-state index is 13.1. The summed E-state index contributed by atoms with van der Waals surface area (Å²) >= 11 is 6.18. The molecule has 2 amide bonds. The molecule has 0 saturated carbocycles. The Morgan fingerprint density at radius 3 is 2.31 bits per heavy atom. The highest BCUT2D eigenvalue weighted by Gasteiger charge is 2.26. The lowest BCUT2D eigenvalue weighted by Gasteiger charge is -2.26. The minimum Gasteiger partial charge on any atom is -0.338 e. The number of nitrogens with zero attached hydrogens (tertiary/aromatic N) is 3. The van der Waals surface area contributed by atoms with Crippen molar-refractivity contribution in [1.29, 1.82) is 0 Å². The predicted molar refractivity (Wildman–Crippen MR) is 113 cm³/mol. The first-order valence-electron chi connectivity index (χ1n) is 9.64. The summed E-state index contributed by atoms with van der Waals surface area (Å²) in [6, 6.07) is 16.2. The van der Waals surface area contributed by atoms with Gasteiger partial charge in [0.2, 0.25) is 0 Å². The van der Waals surface area contributed by atoms with Gasteiger partial charge >= 0.3 is 0 Å². The van der Waals surface area contributed by atoms with Gasteiger partial charge < -0.3 is 10.2 Å². The number of amides is 2. The summed E-state index contributed by atoms with van der Waals surface area (Å²) in [5, 5.41) is 7.60. The van der Waals surface area contributed by atoms with Gasteiger partial charge in [0.05, 0.1) is 22.5 Å². The van der Waals surface area contributed by atoms with E-state index in [0.29, 0.717) is 35.1 Å². The van der Waals surface area contributed by atoms with Gasteiger partial charge in [0.15, 0.2) is 0 Å². The molecular formula is C22H21ClN4O2. The summed E-state index contributed by atoms with van der Waals surface area (Å²) in [5.41, 5.74) is 1.46. The van der Waals surface area contributed by atoms with Crippen molar-refractivity contribution >= 4 is 29.2 Å². The van der Waals surface area contributed by atoms with Crippen LogP contribution in [-0.2, 0) is 0 Å². The van der Waals surface area contributed by atoms with Crippen LogP contribution in [0.2, 0.25) is 5.02 Å². The summed E-state index contributed by atoms with van der Waals surface area (Å²) in [6.45, 7) is 1.43. The van der Waals surface area contributed by atoms with Gasteiger partial charge in [0, 0.05) is 13.1 Å². The van der Waals surface area contributed by atoms with Crippen molar-refractivity contribution in [3.8, 4) is 5.69 Å². The van der Waals surface area contributed by atoms with E-state index in [4.69, 9.17) is 11.6 Å². The fourth-order valence-corrected chi connectivity index (χ4v) is 3.70. The van der Waals surface area contributed by atoms with Crippen molar-refractivity contribution in [3.63, 3.8) is 0 Å². The standard InChI is InChI=1S/C22H21ClN4O2/c23-19-12-6-5-11-17(19)21(28)25-20-18(22(29)26-13-7-2-8-14-26)15-24-27(20)16-9-3-1-4-10-16/h1,3-6,9-12,15H,2,7-8,13-14H2,(H,25,28). The second-order valence-electron chi connectivity index (χ2n) is 6.94. The Balaban J connectivity index is 1.72. The van der Waals surface area contributed by atoms with E-state index >= 15 is 0 Å². The van der Waals surface area contributed by atoms with Crippen LogP contribution in [0.25, 0.3) is 5.69 Å². The van der Waals surface area contributed by atoms with Crippen LogP contribution in [0.5, 0.6) is 0 Å². The summed E-state index contributed by atoms with van der Waals surface area (Å²) in [4.78, 5) is 27.9. The molecule has 0 unspecified atom stereocenters. The molecule has 1 aliphatic rings. The van der Waals surface area contributed by atoms with E-state index in [-0.39, 0.29) is 11.8 Å². The number of nitrogens with one attached hydrogen (secondary N) is 1. The smallest absolute Gasteiger partial charge is 0.259 e. The van der Waals surface area contributed by atoms with Crippen LogP contribution in [0, 0.1) is 0 Å². The molecule has 29 heavy (non-hydrogen) atoms. The van der Waals surface area contributed by atoms with Gasteiger partial charge in [-0.05, 0) is 43.5 Å². The molecule has 1 N–H and O–H groups in total. The zero-order valence-electron chi connectivity index (χ0n) is 15.8. The number of rotatable bonds is 4. The topological polar surface area (TPSA) is 67.2 Å². The van der Waals surface area contributed by atoms with Crippen molar-refractivity contribution in [3.05, 3.63) is 76.9 Å². The first-order valence-corrected chi connectivity index (χ1v) is 10.0. The molecule has 6 nitrogen and oxygen atoms in total. The summed E-state index contributed by atoms with van der Waals surface area (Å²) in [7, 11) is 0. The van der Waals surface area contributed by atoms with Gasteiger partial charge in [0.25, 0.3) is 11.8 Å². The Bertz CT molecular complexity index is 1030. The fraction of sp³-hybridized carbons (Fsp3) is 0.227. The number of carbonyl (C=O) groups is 2. The molecule has 0 atom stereocenters. The Morgan fingerprint density at radius 2 is 1.59 bits per heavy atom. The Labute approximate surface area is 174 Å². The van der Waals surface area contributed by atoms with E-state index in [1.165, 1.54) is 6.20 Å². The summed E-state index contributed by atoms with van der Waals surface area (Å²) in [6.07, 6.45) is 4.62. The number of hydrogen-bond acceptors (Lipinski definition) is 3. The first-order chi connectivity index (χ1) is 14.1. The van der Waals surface area contributed by atoms with E-state index in [1.807, 2.05) is 35.2 Å². The number of carbonyl (C=O) groups excluding carboxylic acids is 2. The lowest BCUT2D eigenvalue weighted by Crippen LogP contribution is -2.36. The van der Waals surface area contributed by atoms with E-state index in [1.54, 1.807) is 28.9 Å². The maximum Gasteiger partial charge on any atom is 0.259 e. The molecule has 0 radical (unpaired) electrons. The van der Waals surface area contributed by atoms with Crippen molar-refractivity contribution in [2.24, 2.45) is 0 Å². The average Bonchev–Trinajstić information content (AvgIpc) is 3.18. The molecule has 0 bridgehead atoms. The van der Waals surface area contributed by atoms with Gasteiger partial charge in [0.1, 0.15) is 11.4 Å². The number of para-hydroxylation sites is 1. The number of halogens is 1. The van der Waals surface area contributed by atoms with Crippen LogP contribution in [-0.4, -0.2) is 39.6 Å². The van der Waals surface area contributed by atoms with E-state index in [2.05, 4.69) is 10.4 Å². The highest BCUT2D eigenvalue weighted by molar-refractivity contribution is 6.34. The third-order valence-electron chi connectivity index (χ3n) is 4.99. The Morgan fingerprint density at radius 1 is 0.897 bits per heavy atom. The van der Waals surface area contributed by atoms with Gasteiger partial charge in [-0.2, -0.15) is 5.10 Å². The predicted octanol–water partition coefficient (Wildman–Crippen LogP) is 4.40. The highest BCUT2D eigenvalue weighted by Crippen LogP contribution is 2.25. The van der Waals surface area contributed by atoms with Crippen LogP contribution in [0.1, 0.15) is 40.0 Å². The summed E-state index contributed by atoms with van der Waals surface area (Å²) in [5.74, 6) is -0.168. The van der Waals surface area contributed by atoms with E-state index in [0.717, 1.165) is 24.9 Å². The number of hydrogen-bond donors (Lipinski definition) is 1. The molecule has 1 aromatic heterocycles. The van der Waals surface area contributed by atoms with Gasteiger partial charge in [-0.1, -0.05) is 41.9 Å². The first kappa shape index (κ1) is 19.2. The van der Waals surface area contributed by atoms with Crippen LogP contribution < -0.4 is 5.32 Å². The van der Waals surface area contributed by atoms with Crippen molar-refractivity contribution < 1.29 is 9.59 Å². The SMILES string of the molecule is O=C(Nc1c(C(=O)N2CCCCC2)cnn1-c1ccccc1)c1ccccc1Cl. The second kappa shape index (κ2) is 8.49. The zero-order valence-corrected chi connectivity index (χ0v) is 16.6. The van der Waals surface area contributed by atoms with Crippen molar-refractivity contribution in [2.75, 3.05) is 18.4 Å². The number of likely N-dealkylation sites (tertiary alicyclic amines) is 1. The number of piperidine rings is 1. The normalized spacial score (nSPS) is 13.9. The third-order valence-corrected chi connectivity index (χ3v) is 5.32. The zero-order chi connectivity index (χ0) is 20.2. The molecular weight excluding hydrogens is 388 g/mol. The Hall–Kier alpha value is -3.12. The van der Waals surface area contributed by atoms with Crippen LogP contribution in [0.4, 0.5) is 5.82 Å². The van der Waals surface area contributed by atoms with Crippen molar-refractivity contribution in [2.45, 2.75) is 19.3 Å². The third kappa shape index (κ3) is 4.03. The molecule has 2 heterocycles. The molecule has 0 spiro atoms. The molecule has 1 saturated heterocycles. The van der Waals surface area contributed by atoms with Crippen LogP contribution in [0.15, 0.2) is 60.8 Å². The van der Waals surface area contributed by atoms with Gasteiger partial charge in [-0.3, -0.25) is 9.59 Å². The van der Waals surface area contributed by atoms with Gasteiger partial charge in [-0.15, -0.1) is 0 Å². The molecule has 0 aliphatic carbocycles. The molecule has 1 aliphatic heterocycles. The molecule has 7 heteroatoms. The number of benzene rings is 2. The highest BCUT2D eigenvalue weighted by atomic mass is 35.5. The minimum atomic E-state index is -0.388. The monoisotopic (exact) mass is 408 g/mol. The second-order valence-corrected chi connectivity index (χ2v) is 7.35. The van der Waals surface area contributed by atoms with Crippen LogP contribution >= 0.6 is 11.6 Å². The molecule has 1 fully saturated rings. The average molecular weight is 409 g/mol. The number of anilines is 1. The number of aromatic nitrogens is 2. The summed E-state index contributed by atoms with van der Waals surface area (Å²) < 4.78 is 1.58. The van der Waals surface area contributed by atoms with E-state index in [9.17, 15) is 9.59 Å². The minimum absolute atomic E-state index is 0.124. The largest absolute Gasteiger partial charge is 0.338 e. The van der Waals surface area contributed by atoms with E-state index < -0.39 is 0 Å². The fourth-order valence-electron chi connectivity index (χ4n) is 3.48. The van der Waals surface area contributed by atoms with Crippen LogP contribution in [0.3, 0.4) is 0 Å². The van der Waals surface area contributed by atoms with Gasteiger partial charge in [-0.25, -0.2) is 4.68 Å². The lowest BCUT2D eigenvalue weighted by molar-refractivity contribution is 0.0725. The molecule has 148 valence electrons. The molecule has 2 aromatic carbocycles. The Kier molecular flexibility index (Phi) is 5.62. The molecule has 4 rings (SSSR count). The molecule has 3 aromatic rings. The van der Waals surface area contributed by atoms with Crippen molar-refractivity contribution in [1.82, 2.24) is 14.7 Å². The quantitative estimate of drug-likeness (QED) is 0.695. The lowest BCUT2D eigenvalue weighted by atomic mass is 10.1. The maximum absolute atomic E-state index is 13.1.